The molecule has 1 aromatic rings. The number of halogens is 2. The van der Waals surface area contributed by atoms with Gasteiger partial charge in [-0.2, -0.15) is 0 Å². The van der Waals surface area contributed by atoms with Crippen molar-refractivity contribution in [2.45, 2.75) is 19.1 Å². The predicted molar refractivity (Wildman–Crippen MR) is 52.3 cm³/mol. The summed E-state index contributed by atoms with van der Waals surface area (Å²) < 4.78 is 12.4. The number of aliphatic hydroxyl groups is 1. The molecule has 0 spiro atoms. The molecule has 13 heavy (non-hydrogen) atoms. The molecule has 0 amide bonds. The number of rotatable bonds is 2. The van der Waals surface area contributed by atoms with Crippen LogP contribution in [0.5, 0.6) is 0 Å². The lowest BCUT2D eigenvalue weighted by Crippen LogP contribution is -2.24. The van der Waals surface area contributed by atoms with Crippen LogP contribution < -0.4 is 5.73 Å². The highest BCUT2D eigenvalue weighted by Crippen LogP contribution is 2.15. The van der Waals surface area contributed by atoms with Crippen molar-refractivity contribution < 1.29 is 9.50 Å². The molecule has 0 bridgehead atoms. The molecule has 0 aliphatic carbocycles. The van der Waals surface area contributed by atoms with Crippen molar-refractivity contribution >= 4 is 12.4 Å². The van der Waals surface area contributed by atoms with Crippen molar-refractivity contribution in [3.8, 4) is 0 Å². The minimum atomic E-state index is -0.717. The van der Waals surface area contributed by atoms with Crippen LogP contribution in [0.25, 0.3) is 0 Å². The highest BCUT2D eigenvalue weighted by Gasteiger charge is 2.11. The van der Waals surface area contributed by atoms with E-state index in [2.05, 4.69) is 0 Å². The molecule has 1 aromatic carbocycles. The SMILES string of the molecule is CC(N)C(O)c1ccc(F)cc1.Cl. The lowest BCUT2D eigenvalue weighted by atomic mass is 10.0. The molecular weight excluding hydrogens is 193 g/mol. The van der Waals surface area contributed by atoms with Crippen molar-refractivity contribution in [1.82, 2.24) is 0 Å². The summed E-state index contributed by atoms with van der Waals surface area (Å²) in [6, 6.07) is 5.34. The molecule has 0 aromatic heterocycles. The molecular formula is C9H13ClFNO. The van der Waals surface area contributed by atoms with Crippen LogP contribution in [-0.2, 0) is 0 Å². The Hall–Kier alpha value is -0.640. The summed E-state index contributed by atoms with van der Waals surface area (Å²) in [5.41, 5.74) is 6.11. The molecule has 0 saturated heterocycles. The second-order valence-corrected chi connectivity index (χ2v) is 2.86. The third-order valence-corrected chi connectivity index (χ3v) is 1.71. The van der Waals surface area contributed by atoms with Crippen molar-refractivity contribution in [3.63, 3.8) is 0 Å². The van der Waals surface area contributed by atoms with Gasteiger partial charge in [0.15, 0.2) is 0 Å². The average molecular weight is 206 g/mol. The molecule has 0 aliphatic rings. The van der Waals surface area contributed by atoms with Gasteiger partial charge in [0.05, 0.1) is 6.10 Å². The molecule has 0 heterocycles. The topological polar surface area (TPSA) is 46.2 Å². The molecule has 2 unspecified atom stereocenters. The third kappa shape index (κ3) is 3.30. The Morgan fingerprint density at radius 1 is 1.31 bits per heavy atom. The Balaban J connectivity index is 0.00000144. The van der Waals surface area contributed by atoms with Gasteiger partial charge in [0.25, 0.3) is 0 Å². The Bertz CT molecular complexity index is 250. The van der Waals surface area contributed by atoms with E-state index in [9.17, 15) is 9.50 Å². The largest absolute Gasteiger partial charge is 0.387 e. The third-order valence-electron chi connectivity index (χ3n) is 1.71. The van der Waals surface area contributed by atoms with Gasteiger partial charge in [-0.15, -0.1) is 12.4 Å². The van der Waals surface area contributed by atoms with Gasteiger partial charge < -0.3 is 10.8 Å². The second-order valence-electron chi connectivity index (χ2n) is 2.86. The summed E-state index contributed by atoms with van der Waals surface area (Å²) in [6.07, 6.45) is -0.717. The maximum atomic E-state index is 12.4. The molecule has 3 N–H and O–H groups in total. The lowest BCUT2D eigenvalue weighted by Gasteiger charge is -2.14. The van der Waals surface area contributed by atoms with Crippen LogP contribution >= 0.6 is 12.4 Å². The van der Waals surface area contributed by atoms with Gasteiger partial charge in [-0.1, -0.05) is 12.1 Å². The van der Waals surface area contributed by atoms with Gasteiger partial charge in [-0.3, -0.25) is 0 Å². The standard InChI is InChI=1S/C9H12FNO.ClH/c1-6(11)9(12)7-2-4-8(10)5-3-7;/h2-6,9,12H,11H2,1H3;1H. The smallest absolute Gasteiger partial charge is 0.123 e. The first-order chi connectivity index (χ1) is 5.61. The fourth-order valence-corrected chi connectivity index (χ4v) is 0.964. The normalized spacial score (nSPS) is 14.5. The van der Waals surface area contributed by atoms with Gasteiger partial charge in [-0.25, -0.2) is 4.39 Å². The van der Waals surface area contributed by atoms with Crippen LogP contribution in [-0.4, -0.2) is 11.1 Å². The molecule has 74 valence electrons. The van der Waals surface area contributed by atoms with E-state index < -0.39 is 6.10 Å². The van der Waals surface area contributed by atoms with Gasteiger partial charge in [-0.05, 0) is 24.6 Å². The average Bonchev–Trinajstić information content (AvgIpc) is 2.04. The summed E-state index contributed by atoms with van der Waals surface area (Å²) in [6.45, 7) is 1.70. The Morgan fingerprint density at radius 3 is 2.15 bits per heavy atom. The zero-order valence-corrected chi connectivity index (χ0v) is 8.09. The van der Waals surface area contributed by atoms with Crippen LogP contribution in [0, 0.1) is 5.82 Å². The van der Waals surface area contributed by atoms with Crippen LogP contribution in [0.2, 0.25) is 0 Å². The van der Waals surface area contributed by atoms with E-state index in [1.165, 1.54) is 24.3 Å². The summed E-state index contributed by atoms with van der Waals surface area (Å²) in [5, 5.41) is 9.44. The summed E-state index contributed by atoms with van der Waals surface area (Å²) in [4.78, 5) is 0. The molecule has 2 atom stereocenters. The van der Waals surface area contributed by atoms with Gasteiger partial charge >= 0.3 is 0 Å². The number of hydrogen-bond donors (Lipinski definition) is 2. The first-order valence-electron chi connectivity index (χ1n) is 3.80. The van der Waals surface area contributed by atoms with Crippen LogP contribution in [0.4, 0.5) is 4.39 Å². The van der Waals surface area contributed by atoms with E-state index in [1.54, 1.807) is 6.92 Å². The van der Waals surface area contributed by atoms with Gasteiger partial charge in [0.2, 0.25) is 0 Å². The number of aliphatic hydroxyl groups excluding tert-OH is 1. The van der Waals surface area contributed by atoms with E-state index >= 15 is 0 Å². The Labute approximate surface area is 83.0 Å². The fraction of sp³-hybridized carbons (Fsp3) is 0.333. The van der Waals surface area contributed by atoms with Crippen molar-refractivity contribution in [1.29, 1.82) is 0 Å². The minimum Gasteiger partial charge on any atom is -0.387 e. The lowest BCUT2D eigenvalue weighted by molar-refractivity contribution is 0.153. The van der Waals surface area contributed by atoms with E-state index in [1.807, 2.05) is 0 Å². The van der Waals surface area contributed by atoms with Crippen molar-refractivity contribution in [2.24, 2.45) is 5.73 Å². The van der Waals surface area contributed by atoms with Crippen LogP contribution in [0.3, 0.4) is 0 Å². The number of nitrogens with two attached hydrogens (primary N) is 1. The maximum absolute atomic E-state index is 12.4. The van der Waals surface area contributed by atoms with Gasteiger partial charge in [0, 0.05) is 6.04 Å². The van der Waals surface area contributed by atoms with Crippen LogP contribution in [0.15, 0.2) is 24.3 Å². The molecule has 0 radical (unpaired) electrons. The Kier molecular flexibility index (Phi) is 4.91. The highest BCUT2D eigenvalue weighted by molar-refractivity contribution is 5.85. The monoisotopic (exact) mass is 205 g/mol. The summed E-state index contributed by atoms with van der Waals surface area (Å²) in [5.74, 6) is -0.310. The molecule has 1 rings (SSSR count). The molecule has 4 heteroatoms. The predicted octanol–water partition coefficient (Wildman–Crippen LogP) is 1.63. The molecule has 0 aliphatic heterocycles. The highest BCUT2D eigenvalue weighted by atomic mass is 35.5. The Morgan fingerprint density at radius 2 is 1.77 bits per heavy atom. The van der Waals surface area contributed by atoms with E-state index in [-0.39, 0.29) is 24.3 Å². The fourth-order valence-electron chi connectivity index (χ4n) is 0.964. The van der Waals surface area contributed by atoms with Crippen molar-refractivity contribution in [3.05, 3.63) is 35.6 Å². The first-order valence-corrected chi connectivity index (χ1v) is 3.80. The molecule has 2 nitrogen and oxygen atoms in total. The number of hydrogen-bond acceptors (Lipinski definition) is 2. The van der Waals surface area contributed by atoms with E-state index in [0.717, 1.165) is 0 Å². The van der Waals surface area contributed by atoms with Crippen molar-refractivity contribution in [2.75, 3.05) is 0 Å². The molecule has 0 saturated carbocycles. The second kappa shape index (κ2) is 5.17. The minimum absolute atomic E-state index is 0. The van der Waals surface area contributed by atoms with Gasteiger partial charge in [0.1, 0.15) is 5.82 Å². The first kappa shape index (κ1) is 12.4. The summed E-state index contributed by atoms with van der Waals surface area (Å²) >= 11 is 0. The van der Waals surface area contributed by atoms with E-state index in [4.69, 9.17) is 5.73 Å². The zero-order valence-electron chi connectivity index (χ0n) is 7.27. The quantitative estimate of drug-likeness (QED) is 0.771. The molecule has 0 fully saturated rings. The summed E-state index contributed by atoms with van der Waals surface area (Å²) in [7, 11) is 0. The zero-order chi connectivity index (χ0) is 9.14. The number of benzene rings is 1. The maximum Gasteiger partial charge on any atom is 0.123 e. The van der Waals surface area contributed by atoms with Crippen LogP contribution in [0.1, 0.15) is 18.6 Å². The van der Waals surface area contributed by atoms with E-state index in [0.29, 0.717) is 5.56 Å².